The Morgan fingerprint density at radius 3 is 1.05 bits per heavy atom. The van der Waals surface area contributed by atoms with Gasteiger partial charge in [0.25, 0.3) is 0 Å². The van der Waals surface area contributed by atoms with E-state index in [1.54, 1.807) is 0 Å². The van der Waals surface area contributed by atoms with Gasteiger partial charge in [-0.05, 0) is 83.5 Å². The molecule has 56 heavy (non-hydrogen) atoms. The van der Waals surface area contributed by atoms with Crippen molar-refractivity contribution in [1.82, 2.24) is 0 Å². The van der Waals surface area contributed by atoms with Gasteiger partial charge in [0.15, 0.2) is 6.10 Å². The Balaban J connectivity index is 4.38. The Bertz CT molecular complexity index is 996. The smallest absolute Gasteiger partial charge is 0.306 e. The highest BCUT2D eigenvalue weighted by Gasteiger charge is 2.19. The Hall–Kier alpha value is -2.63. The Kier molecular flexibility index (Phi) is 43.0. The van der Waals surface area contributed by atoms with Gasteiger partial charge in [0.05, 0.1) is 0 Å². The minimum Gasteiger partial charge on any atom is -0.462 e. The van der Waals surface area contributed by atoms with Crippen LogP contribution in [0.5, 0.6) is 0 Å². The van der Waals surface area contributed by atoms with Crippen LogP contribution in [0.1, 0.15) is 233 Å². The van der Waals surface area contributed by atoms with Gasteiger partial charge in [-0.15, -0.1) is 0 Å². The molecule has 0 aliphatic heterocycles. The first kappa shape index (κ1) is 53.4. The molecule has 0 unspecified atom stereocenters. The second-order valence-electron chi connectivity index (χ2n) is 15.7. The van der Waals surface area contributed by atoms with Gasteiger partial charge in [0.2, 0.25) is 0 Å². The minimum atomic E-state index is -0.781. The third kappa shape index (κ3) is 42.5. The van der Waals surface area contributed by atoms with Crippen molar-refractivity contribution in [2.24, 2.45) is 0 Å². The molecule has 0 amide bonds. The summed E-state index contributed by atoms with van der Waals surface area (Å²) in [7, 11) is 0. The van der Waals surface area contributed by atoms with Crippen LogP contribution in [-0.4, -0.2) is 37.2 Å². The third-order valence-corrected chi connectivity index (χ3v) is 10.1. The number of rotatable bonds is 42. The van der Waals surface area contributed by atoms with Crippen molar-refractivity contribution in [2.75, 3.05) is 13.2 Å². The first-order valence-electron chi connectivity index (χ1n) is 23.6. The van der Waals surface area contributed by atoms with Crippen LogP contribution in [0.25, 0.3) is 0 Å². The lowest BCUT2D eigenvalue weighted by Gasteiger charge is -2.18. The van der Waals surface area contributed by atoms with E-state index in [0.717, 1.165) is 96.3 Å². The van der Waals surface area contributed by atoms with E-state index in [4.69, 9.17) is 14.2 Å². The molecule has 0 saturated carbocycles. The number of hydrogen-bond acceptors (Lipinski definition) is 6. The monoisotopic (exact) mass is 785 g/mol. The van der Waals surface area contributed by atoms with Crippen LogP contribution in [-0.2, 0) is 28.6 Å². The molecule has 0 aromatic heterocycles. The predicted octanol–water partition coefficient (Wildman–Crippen LogP) is 15.1. The maximum absolute atomic E-state index is 12.7. The molecule has 0 aliphatic rings. The molecular formula is C50H88O6. The number of esters is 3. The van der Waals surface area contributed by atoms with E-state index >= 15 is 0 Å². The maximum Gasteiger partial charge on any atom is 0.306 e. The summed E-state index contributed by atoms with van der Waals surface area (Å²) in [5.41, 5.74) is 0. The van der Waals surface area contributed by atoms with Crippen LogP contribution in [0, 0.1) is 0 Å². The lowest BCUT2D eigenvalue weighted by molar-refractivity contribution is -0.167. The lowest BCUT2D eigenvalue weighted by atomic mass is 10.1. The molecule has 0 spiro atoms. The maximum atomic E-state index is 12.7. The minimum absolute atomic E-state index is 0.0826. The van der Waals surface area contributed by atoms with Crippen LogP contribution in [0.3, 0.4) is 0 Å². The van der Waals surface area contributed by atoms with Gasteiger partial charge in [0.1, 0.15) is 13.2 Å². The number of ether oxygens (including phenoxy) is 3. The van der Waals surface area contributed by atoms with E-state index in [9.17, 15) is 14.4 Å². The molecule has 324 valence electrons. The molecule has 0 rings (SSSR count). The summed E-state index contributed by atoms with van der Waals surface area (Å²) in [6.07, 6.45) is 52.3. The van der Waals surface area contributed by atoms with E-state index in [-0.39, 0.29) is 31.1 Å². The van der Waals surface area contributed by atoms with Crippen molar-refractivity contribution in [3.63, 3.8) is 0 Å². The molecule has 0 bridgehead atoms. The summed E-state index contributed by atoms with van der Waals surface area (Å²) >= 11 is 0. The molecule has 1 atom stereocenters. The van der Waals surface area contributed by atoms with Gasteiger partial charge in [-0.25, -0.2) is 0 Å². The zero-order chi connectivity index (χ0) is 40.8. The van der Waals surface area contributed by atoms with E-state index in [1.165, 1.54) is 96.3 Å². The summed E-state index contributed by atoms with van der Waals surface area (Å²) < 4.78 is 16.7. The average Bonchev–Trinajstić information content (AvgIpc) is 3.19. The molecule has 6 nitrogen and oxygen atoms in total. The molecule has 0 fully saturated rings. The standard InChI is InChI=1S/C50H88O6/c1-4-7-10-13-16-19-21-23-24-25-26-27-29-31-34-37-40-43-49(52)55-46-47(45-54-48(51)42-39-36-33-30-18-15-12-9-6-3)56-50(53)44-41-38-35-32-28-22-20-17-14-11-8-5-2/h16-17,19-20,23-24,26-27,47H,4-15,18,21-22,25,28-46H2,1-3H3/b19-16-,20-17-,24-23-,27-26-/t47-/m1/s1. The number of allylic oxidation sites excluding steroid dienone is 8. The highest BCUT2D eigenvalue weighted by molar-refractivity contribution is 5.71. The summed E-state index contributed by atoms with van der Waals surface area (Å²) in [6.45, 7) is 6.53. The molecular weight excluding hydrogens is 697 g/mol. The third-order valence-electron chi connectivity index (χ3n) is 10.1. The topological polar surface area (TPSA) is 78.9 Å². The lowest BCUT2D eigenvalue weighted by Crippen LogP contribution is -2.30. The van der Waals surface area contributed by atoms with E-state index in [2.05, 4.69) is 69.4 Å². The molecule has 0 aromatic rings. The quantitative estimate of drug-likeness (QED) is 0.0265. The first-order chi connectivity index (χ1) is 27.5. The molecule has 0 N–H and O–H groups in total. The number of unbranched alkanes of at least 4 members (excludes halogenated alkanes) is 23. The Morgan fingerprint density at radius 1 is 0.357 bits per heavy atom. The van der Waals surface area contributed by atoms with Gasteiger partial charge in [-0.1, -0.05) is 179 Å². The van der Waals surface area contributed by atoms with Crippen LogP contribution in [0.2, 0.25) is 0 Å². The fourth-order valence-corrected chi connectivity index (χ4v) is 6.44. The highest BCUT2D eigenvalue weighted by atomic mass is 16.6. The fourth-order valence-electron chi connectivity index (χ4n) is 6.44. The van der Waals surface area contributed by atoms with Gasteiger partial charge in [0, 0.05) is 19.3 Å². The molecule has 0 saturated heterocycles. The van der Waals surface area contributed by atoms with Crippen LogP contribution in [0.15, 0.2) is 48.6 Å². The molecule has 6 heteroatoms. The zero-order valence-electron chi connectivity index (χ0n) is 36.9. The largest absolute Gasteiger partial charge is 0.462 e. The predicted molar refractivity (Wildman–Crippen MR) is 238 cm³/mol. The number of carbonyl (C=O) groups excluding carboxylic acids is 3. The van der Waals surface area contributed by atoms with E-state index in [0.29, 0.717) is 19.3 Å². The van der Waals surface area contributed by atoms with E-state index < -0.39 is 6.10 Å². The summed E-state index contributed by atoms with van der Waals surface area (Å²) in [5, 5.41) is 0. The Morgan fingerprint density at radius 2 is 0.643 bits per heavy atom. The van der Waals surface area contributed by atoms with Gasteiger partial charge in [-0.2, -0.15) is 0 Å². The van der Waals surface area contributed by atoms with Crippen molar-refractivity contribution in [2.45, 2.75) is 239 Å². The molecule has 0 aromatic carbocycles. The van der Waals surface area contributed by atoms with Crippen molar-refractivity contribution < 1.29 is 28.6 Å². The van der Waals surface area contributed by atoms with Crippen molar-refractivity contribution in [1.29, 1.82) is 0 Å². The van der Waals surface area contributed by atoms with Crippen molar-refractivity contribution in [3.8, 4) is 0 Å². The fraction of sp³-hybridized carbons (Fsp3) is 0.780. The van der Waals surface area contributed by atoms with Gasteiger partial charge in [-0.3, -0.25) is 14.4 Å². The Labute approximate surface area is 346 Å². The summed E-state index contributed by atoms with van der Waals surface area (Å²) in [4.78, 5) is 37.7. The SMILES string of the molecule is CCCCC/C=C\C/C=C\C/C=C\CCCCCCC(=O)OC[C@@H](COC(=O)CCCCCCCCCCC)OC(=O)CCCCCCC/C=C\CCCCC. The molecule has 0 heterocycles. The highest BCUT2D eigenvalue weighted by Crippen LogP contribution is 2.13. The summed E-state index contributed by atoms with van der Waals surface area (Å²) in [5.74, 6) is -0.917. The van der Waals surface area contributed by atoms with Gasteiger partial charge >= 0.3 is 17.9 Å². The second kappa shape index (κ2) is 45.1. The normalized spacial score (nSPS) is 12.4. The van der Waals surface area contributed by atoms with Crippen LogP contribution >= 0.6 is 0 Å². The second-order valence-corrected chi connectivity index (χ2v) is 15.7. The van der Waals surface area contributed by atoms with Crippen LogP contribution < -0.4 is 0 Å². The number of hydrogen-bond donors (Lipinski definition) is 0. The van der Waals surface area contributed by atoms with Crippen molar-refractivity contribution >= 4 is 17.9 Å². The summed E-state index contributed by atoms with van der Waals surface area (Å²) in [6, 6.07) is 0. The first-order valence-corrected chi connectivity index (χ1v) is 23.6. The van der Waals surface area contributed by atoms with Crippen molar-refractivity contribution in [3.05, 3.63) is 48.6 Å². The molecule has 0 radical (unpaired) electrons. The zero-order valence-corrected chi connectivity index (χ0v) is 36.9. The number of carbonyl (C=O) groups is 3. The van der Waals surface area contributed by atoms with Crippen LogP contribution in [0.4, 0.5) is 0 Å². The van der Waals surface area contributed by atoms with E-state index in [1.807, 2.05) is 0 Å². The molecule has 0 aliphatic carbocycles. The average molecular weight is 785 g/mol. The van der Waals surface area contributed by atoms with Gasteiger partial charge < -0.3 is 14.2 Å².